The van der Waals surface area contributed by atoms with Crippen LogP contribution in [0.25, 0.3) is 0 Å². The Labute approximate surface area is 111 Å². The van der Waals surface area contributed by atoms with Crippen molar-refractivity contribution in [2.75, 3.05) is 13.1 Å². The lowest BCUT2D eigenvalue weighted by Gasteiger charge is -2.23. The average molecular weight is 243 g/mol. The molecule has 0 N–H and O–H groups in total. The number of nitrogens with zero attached hydrogens (tertiary/aromatic N) is 1. The maximum absolute atomic E-state index is 2.68. The third-order valence-electron chi connectivity index (χ3n) is 5.09. The second-order valence-electron chi connectivity index (χ2n) is 6.59. The summed E-state index contributed by atoms with van der Waals surface area (Å²) in [6.07, 6.45) is 2.95. The van der Waals surface area contributed by atoms with E-state index in [9.17, 15) is 0 Å². The first-order chi connectivity index (χ1) is 8.74. The molecule has 3 unspecified atom stereocenters. The van der Waals surface area contributed by atoms with E-state index in [1.54, 1.807) is 0 Å². The minimum atomic E-state index is 0.872. The molecule has 1 nitrogen and oxygen atoms in total. The molecule has 18 heavy (non-hydrogen) atoms. The topological polar surface area (TPSA) is 3.24 Å². The number of benzene rings is 1. The van der Waals surface area contributed by atoms with Gasteiger partial charge in [0, 0.05) is 19.6 Å². The summed E-state index contributed by atoms with van der Waals surface area (Å²) in [5, 5.41) is 0. The SMILES string of the molecule is CC(C)C1CCC2CN(Cc3ccccc3)CC21. The zero-order valence-electron chi connectivity index (χ0n) is 11.7. The monoisotopic (exact) mass is 243 g/mol. The van der Waals surface area contributed by atoms with Gasteiger partial charge in [-0.05, 0) is 42.1 Å². The Balaban J connectivity index is 1.62. The van der Waals surface area contributed by atoms with Gasteiger partial charge in [-0.1, -0.05) is 44.2 Å². The molecule has 1 aromatic rings. The van der Waals surface area contributed by atoms with Crippen LogP contribution in [0.15, 0.2) is 30.3 Å². The molecule has 98 valence electrons. The van der Waals surface area contributed by atoms with E-state index in [4.69, 9.17) is 0 Å². The van der Waals surface area contributed by atoms with E-state index in [0.29, 0.717) is 0 Å². The quantitative estimate of drug-likeness (QED) is 0.780. The molecule has 1 saturated carbocycles. The summed E-state index contributed by atoms with van der Waals surface area (Å²) in [5.74, 6) is 3.82. The molecule has 0 amide bonds. The van der Waals surface area contributed by atoms with Gasteiger partial charge in [-0.2, -0.15) is 0 Å². The molecule has 0 aromatic heterocycles. The molecular formula is C17H25N. The summed E-state index contributed by atoms with van der Waals surface area (Å²) < 4.78 is 0. The van der Waals surface area contributed by atoms with E-state index < -0.39 is 0 Å². The normalized spacial score (nSPS) is 32.1. The van der Waals surface area contributed by atoms with Gasteiger partial charge in [0.1, 0.15) is 0 Å². The lowest BCUT2D eigenvalue weighted by Crippen LogP contribution is -2.24. The van der Waals surface area contributed by atoms with Gasteiger partial charge in [0.25, 0.3) is 0 Å². The summed E-state index contributed by atoms with van der Waals surface area (Å²) >= 11 is 0. The van der Waals surface area contributed by atoms with Gasteiger partial charge in [-0.25, -0.2) is 0 Å². The molecule has 3 atom stereocenters. The Morgan fingerprint density at radius 1 is 1.11 bits per heavy atom. The van der Waals surface area contributed by atoms with Crippen molar-refractivity contribution in [3.63, 3.8) is 0 Å². The molecule has 2 fully saturated rings. The van der Waals surface area contributed by atoms with Crippen molar-refractivity contribution in [2.24, 2.45) is 23.7 Å². The van der Waals surface area contributed by atoms with Crippen LogP contribution in [0.3, 0.4) is 0 Å². The van der Waals surface area contributed by atoms with Gasteiger partial charge >= 0.3 is 0 Å². The predicted molar refractivity (Wildman–Crippen MR) is 76.3 cm³/mol. The van der Waals surface area contributed by atoms with Crippen molar-refractivity contribution in [1.29, 1.82) is 0 Å². The summed E-state index contributed by atoms with van der Waals surface area (Å²) in [6.45, 7) is 8.64. The van der Waals surface area contributed by atoms with Crippen LogP contribution in [-0.2, 0) is 6.54 Å². The summed E-state index contributed by atoms with van der Waals surface area (Å²) in [6, 6.07) is 10.9. The maximum Gasteiger partial charge on any atom is 0.0233 e. The number of fused-ring (bicyclic) bond motifs is 1. The molecule has 1 aromatic carbocycles. The Morgan fingerprint density at radius 3 is 2.61 bits per heavy atom. The van der Waals surface area contributed by atoms with E-state index in [1.165, 1.54) is 31.5 Å². The fourth-order valence-electron chi connectivity index (χ4n) is 4.20. The van der Waals surface area contributed by atoms with Gasteiger partial charge in [0.05, 0.1) is 0 Å². The van der Waals surface area contributed by atoms with Crippen molar-refractivity contribution < 1.29 is 0 Å². The standard InChI is InChI=1S/C17H25N/c1-13(2)16-9-8-15-11-18(12-17(15)16)10-14-6-4-3-5-7-14/h3-7,13,15-17H,8-12H2,1-2H3. The highest BCUT2D eigenvalue weighted by Gasteiger charge is 2.43. The lowest BCUT2D eigenvalue weighted by atomic mass is 9.84. The molecule has 0 radical (unpaired) electrons. The second kappa shape index (κ2) is 5.05. The first kappa shape index (κ1) is 12.2. The molecule has 2 aliphatic rings. The number of likely N-dealkylation sites (tertiary alicyclic amines) is 1. The molecule has 1 aliphatic carbocycles. The summed E-state index contributed by atoms with van der Waals surface area (Å²) in [4.78, 5) is 2.68. The van der Waals surface area contributed by atoms with Crippen molar-refractivity contribution in [2.45, 2.75) is 33.2 Å². The van der Waals surface area contributed by atoms with Crippen molar-refractivity contribution in [3.8, 4) is 0 Å². The zero-order chi connectivity index (χ0) is 12.5. The largest absolute Gasteiger partial charge is 0.299 e. The molecule has 0 bridgehead atoms. The molecule has 1 heterocycles. The van der Waals surface area contributed by atoms with Gasteiger partial charge in [0.2, 0.25) is 0 Å². The van der Waals surface area contributed by atoms with E-state index in [1.807, 2.05) is 0 Å². The first-order valence-electron chi connectivity index (χ1n) is 7.50. The third-order valence-corrected chi connectivity index (χ3v) is 5.09. The molecule has 3 rings (SSSR count). The van der Waals surface area contributed by atoms with Crippen LogP contribution >= 0.6 is 0 Å². The maximum atomic E-state index is 2.68. The molecule has 1 heteroatoms. The fourth-order valence-corrected chi connectivity index (χ4v) is 4.20. The van der Waals surface area contributed by atoms with Gasteiger partial charge in [0.15, 0.2) is 0 Å². The van der Waals surface area contributed by atoms with E-state index in [-0.39, 0.29) is 0 Å². The highest BCUT2D eigenvalue weighted by atomic mass is 15.2. The zero-order valence-corrected chi connectivity index (χ0v) is 11.7. The Hall–Kier alpha value is -0.820. The van der Waals surface area contributed by atoms with Crippen LogP contribution < -0.4 is 0 Å². The average Bonchev–Trinajstić information content (AvgIpc) is 2.89. The smallest absolute Gasteiger partial charge is 0.0233 e. The van der Waals surface area contributed by atoms with Crippen LogP contribution in [0.4, 0.5) is 0 Å². The number of rotatable bonds is 3. The first-order valence-corrected chi connectivity index (χ1v) is 7.50. The van der Waals surface area contributed by atoms with Gasteiger partial charge in [-0.15, -0.1) is 0 Å². The fraction of sp³-hybridized carbons (Fsp3) is 0.647. The summed E-state index contributed by atoms with van der Waals surface area (Å²) in [7, 11) is 0. The van der Waals surface area contributed by atoms with Gasteiger partial charge in [-0.3, -0.25) is 4.90 Å². The van der Waals surface area contributed by atoms with Crippen LogP contribution in [0.2, 0.25) is 0 Å². The van der Waals surface area contributed by atoms with Gasteiger partial charge < -0.3 is 0 Å². The number of hydrogen-bond acceptors (Lipinski definition) is 1. The van der Waals surface area contributed by atoms with Crippen LogP contribution in [-0.4, -0.2) is 18.0 Å². The molecule has 1 aliphatic heterocycles. The minimum absolute atomic E-state index is 0.872. The molecule has 0 spiro atoms. The summed E-state index contributed by atoms with van der Waals surface area (Å²) in [5.41, 5.74) is 1.47. The Morgan fingerprint density at radius 2 is 1.89 bits per heavy atom. The number of hydrogen-bond donors (Lipinski definition) is 0. The van der Waals surface area contributed by atoms with Crippen LogP contribution in [0.1, 0.15) is 32.3 Å². The van der Waals surface area contributed by atoms with Crippen molar-refractivity contribution in [3.05, 3.63) is 35.9 Å². The van der Waals surface area contributed by atoms with Crippen LogP contribution in [0.5, 0.6) is 0 Å². The minimum Gasteiger partial charge on any atom is -0.299 e. The molecular weight excluding hydrogens is 218 g/mol. The second-order valence-corrected chi connectivity index (χ2v) is 6.59. The lowest BCUT2D eigenvalue weighted by molar-refractivity contribution is 0.249. The molecule has 1 saturated heterocycles. The van der Waals surface area contributed by atoms with Crippen molar-refractivity contribution in [1.82, 2.24) is 4.90 Å². The van der Waals surface area contributed by atoms with Crippen LogP contribution in [0, 0.1) is 23.7 Å². The van der Waals surface area contributed by atoms with Crippen molar-refractivity contribution >= 4 is 0 Å². The third kappa shape index (κ3) is 2.33. The predicted octanol–water partition coefficient (Wildman–Crippen LogP) is 3.80. The van der Waals surface area contributed by atoms with E-state index >= 15 is 0 Å². The highest BCUT2D eigenvalue weighted by Crippen LogP contribution is 2.45. The Bertz CT molecular complexity index is 384. The highest BCUT2D eigenvalue weighted by molar-refractivity contribution is 5.15. The van der Waals surface area contributed by atoms with E-state index in [0.717, 1.165) is 30.2 Å². The van der Waals surface area contributed by atoms with E-state index in [2.05, 4.69) is 49.1 Å². The Kier molecular flexibility index (Phi) is 3.43.